The zero-order valence-electron chi connectivity index (χ0n) is 13.4. The summed E-state index contributed by atoms with van der Waals surface area (Å²) in [6.45, 7) is 10.7. The third-order valence-corrected chi connectivity index (χ3v) is 4.76. The summed E-state index contributed by atoms with van der Waals surface area (Å²) in [5.74, 6) is 0. The molecule has 0 aliphatic heterocycles. The third kappa shape index (κ3) is 4.56. The Morgan fingerprint density at radius 2 is 1.45 bits per heavy atom. The van der Waals surface area contributed by atoms with Gasteiger partial charge in [-0.15, -0.1) is 0 Å². The normalized spacial score (nSPS) is 11.5. The van der Waals surface area contributed by atoms with Gasteiger partial charge < -0.3 is 0 Å². The van der Waals surface area contributed by atoms with Crippen LogP contribution in [0.2, 0.25) is 0 Å². The quantitative estimate of drug-likeness (QED) is 0.616. The summed E-state index contributed by atoms with van der Waals surface area (Å²) in [7, 11) is 0.193. The Morgan fingerprint density at radius 3 is 1.91 bits per heavy atom. The molecule has 2 aromatic rings. The molecule has 2 aromatic carbocycles. The van der Waals surface area contributed by atoms with Crippen LogP contribution in [0, 0.1) is 13.8 Å². The Bertz CT molecular complexity index is 634. The number of carbonyl (C=O) groups excluding carboxylic acids is 1. The molecule has 0 aromatic heterocycles. The molecule has 0 aliphatic carbocycles. The first-order valence-corrected chi connectivity index (χ1v) is 8.27. The molecule has 2 rings (SSSR count). The Kier molecular flexibility index (Phi) is 6.63. The summed E-state index contributed by atoms with van der Waals surface area (Å²) >= 11 is 0. The number of hydrogen-bond acceptors (Lipinski definition) is 1. The number of hydrogen-bond donors (Lipinski definition) is 0. The summed E-state index contributed by atoms with van der Waals surface area (Å²) in [5, 5.41) is 1.10. The van der Waals surface area contributed by atoms with E-state index in [2.05, 4.69) is 32.9 Å². The van der Waals surface area contributed by atoms with Crippen molar-refractivity contribution in [2.24, 2.45) is 0 Å². The number of aryl methyl sites for hydroxylation is 2. The summed E-state index contributed by atoms with van der Waals surface area (Å²) in [6, 6.07) is 14.3. The van der Waals surface area contributed by atoms with Crippen LogP contribution in [0.5, 0.6) is 0 Å². The number of benzene rings is 2. The maximum atomic E-state index is 12.6. The van der Waals surface area contributed by atoms with E-state index >= 15 is 0 Å². The first kappa shape index (κ1) is 19.2. The average molecular weight is 306 g/mol. The molecule has 0 aliphatic rings. The molecule has 0 saturated heterocycles. The van der Waals surface area contributed by atoms with Gasteiger partial charge in [0.25, 0.3) is 0 Å². The standard InChI is InChI=1S/C19H23OP.Li.H/c1-13-11-15(19(3,4)5)12-14(2)17(13)18(20)21-16-9-7-6-8-10-16;;/h6-12,21H,1-5H3;;. The molecule has 0 heterocycles. The first-order chi connectivity index (χ1) is 9.79. The van der Waals surface area contributed by atoms with Crippen molar-refractivity contribution in [2.45, 2.75) is 40.0 Å². The fraction of sp³-hybridized carbons (Fsp3) is 0.316. The van der Waals surface area contributed by atoms with Gasteiger partial charge in [0.2, 0.25) is 0 Å². The Morgan fingerprint density at radius 1 is 0.955 bits per heavy atom. The van der Waals surface area contributed by atoms with E-state index in [-0.39, 0.29) is 38.4 Å². The summed E-state index contributed by atoms with van der Waals surface area (Å²) in [6.07, 6.45) is 0. The molecule has 0 saturated carbocycles. The molecule has 22 heavy (non-hydrogen) atoms. The molecule has 0 spiro atoms. The van der Waals surface area contributed by atoms with Crippen molar-refractivity contribution in [3.05, 3.63) is 64.7 Å². The second-order valence-electron chi connectivity index (χ2n) is 6.56. The van der Waals surface area contributed by atoms with Crippen LogP contribution in [0.3, 0.4) is 0 Å². The zero-order valence-corrected chi connectivity index (χ0v) is 14.4. The Labute approximate surface area is 147 Å². The van der Waals surface area contributed by atoms with Gasteiger partial charge in [0.15, 0.2) is 5.52 Å². The molecular weight excluding hydrogens is 282 g/mol. The van der Waals surface area contributed by atoms with Crippen molar-refractivity contribution in [1.29, 1.82) is 0 Å². The van der Waals surface area contributed by atoms with Gasteiger partial charge in [-0.2, -0.15) is 0 Å². The molecule has 3 heteroatoms. The average Bonchev–Trinajstić information content (AvgIpc) is 2.37. The minimum absolute atomic E-state index is 0. The predicted molar refractivity (Wildman–Crippen MR) is 100 cm³/mol. The monoisotopic (exact) mass is 306 g/mol. The van der Waals surface area contributed by atoms with Crippen molar-refractivity contribution in [1.82, 2.24) is 0 Å². The van der Waals surface area contributed by atoms with Crippen LogP contribution in [-0.4, -0.2) is 24.4 Å². The van der Waals surface area contributed by atoms with Crippen molar-refractivity contribution in [2.75, 3.05) is 0 Å². The molecule has 0 amide bonds. The van der Waals surface area contributed by atoms with Gasteiger partial charge in [0.05, 0.1) is 0 Å². The molecule has 1 nitrogen and oxygen atoms in total. The molecule has 0 radical (unpaired) electrons. The van der Waals surface area contributed by atoms with Crippen LogP contribution in [0.1, 0.15) is 47.8 Å². The van der Waals surface area contributed by atoms with Crippen LogP contribution in [-0.2, 0) is 5.41 Å². The van der Waals surface area contributed by atoms with Crippen LogP contribution in [0.15, 0.2) is 42.5 Å². The van der Waals surface area contributed by atoms with E-state index in [4.69, 9.17) is 0 Å². The van der Waals surface area contributed by atoms with E-state index < -0.39 is 0 Å². The van der Waals surface area contributed by atoms with Gasteiger partial charge in [-0.3, -0.25) is 4.79 Å². The van der Waals surface area contributed by atoms with E-state index in [1.807, 2.05) is 44.2 Å². The second kappa shape index (κ2) is 7.61. The Balaban J connectivity index is 0.00000242. The topological polar surface area (TPSA) is 17.1 Å². The summed E-state index contributed by atoms with van der Waals surface area (Å²) < 4.78 is 0. The van der Waals surface area contributed by atoms with Gasteiger partial charge in [-0.05, 0) is 49.8 Å². The summed E-state index contributed by atoms with van der Waals surface area (Å²) in [5.41, 5.74) is 4.71. The van der Waals surface area contributed by atoms with Crippen molar-refractivity contribution < 1.29 is 4.79 Å². The fourth-order valence-corrected chi connectivity index (χ4v) is 3.61. The van der Waals surface area contributed by atoms with Gasteiger partial charge in [0.1, 0.15) is 0 Å². The van der Waals surface area contributed by atoms with E-state index in [1.165, 1.54) is 5.56 Å². The SMILES string of the molecule is Cc1cc(C(C)(C)C)cc(C)c1C(=O)Pc1ccccc1.[LiH]. The van der Waals surface area contributed by atoms with Gasteiger partial charge in [-0.25, -0.2) is 0 Å². The Hall–Kier alpha value is -0.863. The molecule has 0 bridgehead atoms. The fourth-order valence-electron chi connectivity index (χ4n) is 2.47. The first-order valence-electron chi connectivity index (χ1n) is 7.27. The third-order valence-electron chi connectivity index (χ3n) is 3.66. The van der Waals surface area contributed by atoms with Crippen LogP contribution >= 0.6 is 8.58 Å². The minimum atomic E-state index is 0. The van der Waals surface area contributed by atoms with E-state index in [0.29, 0.717) is 0 Å². The second-order valence-corrected chi connectivity index (χ2v) is 7.84. The molecule has 112 valence electrons. The molecule has 1 unspecified atom stereocenters. The van der Waals surface area contributed by atoms with Crippen molar-refractivity contribution in [3.63, 3.8) is 0 Å². The molecule has 1 atom stereocenters. The van der Waals surface area contributed by atoms with Crippen LogP contribution in [0.4, 0.5) is 0 Å². The van der Waals surface area contributed by atoms with Crippen molar-refractivity contribution >= 4 is 38.3 Å². The molecule has 0 N–H and O–H groups in total. The maximum absolute atomic E-state index is 12.6. The summed E-state index contributed by atoms with van der Waals surface area (Å²) in [4.78, 5) is 12.6. The predicted octanol–water partition coefficient (Wildman–Crippen LogP) is 4.10. The van der Waals surface area contributed by atoms with Crippen LogP contribution < -0.4 is 5.30 Å². The van der Waals surface area contributed by atoms with Gasteiger partial charge in [0, 0.05) is 5.56 Å². The van der Waals surface area contributed by atoms with Gasteiger partial charge >= 0.3 is 18.9 Å². The van der Waals surface area contributed by atoms with Crippen LogP contribution in [0.25, 0.3) is 0 Å². The van der Waals surface area contributed by atoms with E-state index in [1.54, 1.807) is 0 Å². The van der Waals surface area contributed by atoms with Crippen molar-refractivity contribution in [3.8, 4) is 0 Å². The zero-order chi connectivity index (χ0) is 15.6. The number of carbonyl (C=O) groups is 1. The van der Waals surface area contributed by atoms with E-state index in [0.717, 1.165) is 22.0 Å². The van der Waals surface area contributed by atoms with Gasteiger partial charge in [-0.1, -0.05) is 63.2 Å². The number of rotatable bonds is 3. The van der Waals surface area contributed by atoms with E-state index in [9.17, 15) is 4.79 Å². The molecular formula is C19H24LiOP. The molecule has 0 fully saturated rings.